The molecule has 1 aromatic heterocycles. The van der Waals surface area contributed by atoms with Crippen LogP contribution in [-0.2, 0) is 13.1 Å². The van der Waals surface area contributed by atoms with Gasteiger partial charge < -0.3 is 26.2 Å². The van der Waals surface area contributed by atoms with Gasteiger partial charge in [-0.05, 0) is 57.1 Å². The van der Waals surface area contributed by atoms with E-state index in [4.69, 9.17) is 4.98 Å². The van der Waals surface area contributed by atoms with E-state index in [1.54, 1.807) is 0 Å². The number of anilines is 1. The molecule has 178 valence electrons. The van der Waals surface area contributed by atoms with Crippen molar-refractivity contribution >= 4 is 5.69 Å². The molecule has 3 heterocycles. The minimum Gasteiger partial charge on any atom is -0.371 e. The number of nitrogens with zero attached hydrogens (tertiary/aromatic N) is 2. The monoisotopic (exact) mass is 440 g/mol. The average molecular weight is 441 g/mol. The van der Waals surface area contributed by atoms with E-state index in [1.165, 1.54) is 101 Å². The van der Waals surface area contributed by atoms with E-state index in [2.05, 4.69) is 38.3 Å². The van der Waals surface area contributed by atoms with Gasteiger partial charge in [-0.15, -0.1) is 0 Å². The summed E-state index contributed by atoms with van der Waals surface area (Å²) in [7, 11) is 0. The van der Waals surface area contributed by atoms with E-state index in [0.717, 1.165) is 26.2 Å². The molecule has 2 unspecified atom stereocenters. The highest BCUT2D eigenvalue weighted by molar-refractivity contribution is 5.49. The van der Waals surface area contributed by atoms with Crippen LogP contribution < -0.4 is 26.2 Å². The van der Waals surface area contributed by atoms with Crippen molar-refractivity contribution in [2.75, 3.05) is 31.1 Å². The van der Waals surface area contributed by atoms with Gasteiger partial charge in [0.2, 0.25) is 0 Å². The Morgan fingerprint density at radius 3 is 1.56 bits per heavy atom. The average Bonchev–Trinajstić information content (AvgIpc) is 2.85. The molecule has 0 radical (unpaired) electrons. The van der Waals surface area contributed by atoms with Gasteiger partial charge in [-0.2, -0.15) is 0 Å². The summed E-state index contributed by atoms with van der Waals surface area (Å²) in [6, 6.07) is 6.99. The van der Waals surface area contributed by atoms with Gasteiger partial charge in [-0.25, -0.2) is 0 Å². The van der Waals surface area contributed by atoms with Crippen molar-refractivity contribution in [3.05, 3.63) is 23.5 Å². The van der Waals surface area contributed by atoms with Crippen LogP contribution in [0.1, 0.15) is 82.0 Å². The SMILES string of the molecule is c1c(N2CCCCC2)cc2nc1CNC1CCCCC1NCCN[C@@H]1CCCC[C@H]1NC2. The quantitative estimate of drug-likeness (QED) is 0.538. The van der Waals surface area contributed by atoms with Crippen molar-refractivity contribution in [1.82, 2.24) is 26.3 Å². The normalized spacial score (nSPS) is 32.8. The van der Waals surface area contributed by atoms with Crippen LogP contribution in [0.3, 0.4) is 0 Å². The molecule has 2 aliphatic heterocycles. The van der Waals surface area contributed by atoms with Gasteiger partial charge in [0.1, 0.15) is 0 Å². The maximum absolute atomic E-state index is 5.12. The van der Waals surface area contributed by atoms with Gasteiger partial charge in [-0.1, -0.05) is 25.7 Å². The van der Waals surface area contributed by atoms with Crippen LogP contribution in [-0.4, -0.2) is 55.3 Å². The molecule has 3 fully saturated rings. The van der Waals surface area contributed by atoms with Crippen molar-refractivity contribution in [3.8, 4) is 0 Å². The topological polar surface area (TPSA) is 64.2 Å². The molecular formula is C26H44N6. The molecule has 2 aliphatic carbocycles. The van der Waals surface area contributed by atoms with Crippen molar-refractivity contribution in [1.29, 1.82) is 0 Å². The minimum atomic E-state index is 0.554. The number of nitrogens with one attached hydrogen (secondary N) is 4. The highest BCUT2D eigenvalue weighted by atomic mass is 15.1. The van der Waals surface area contributed by atoms with Gasteiger partial charge in [0, 0.05) is 69.1 Å². The molecule has 1 aromatic rings. The molecule has 1 saturated heterocycles. The summed E-state index contributed by atoms with van der Waals surface area (Å²) in [5.41, 5.74) is 3.80. The molecule has 4 atom stereocenters. The van der Waals surface area contributed by atoms with Gasteiger partial charge >= 0.3 is 0 Å². The molecule has 5 rings (SSSR count). The predicted molar refractivity (Wildman–Crippen MR) is 132 cm³/mol. The molecule has 4 N–H and O–H groups in total. The van der Waals surface area contributed by atoms with E-state index in [-0.39, 0.29) is 0 Å². The van der Waals surface area contributed by atoms with Crippen LogP contribution in [0.25, 0.3) is 0 Å². The molecule has 6 heteroatoms. The standard InChI is InChI=1S/C26H44N6/c1-6-14-32(15-7-1)22-16-20-18-29-25-10-4-2-8-23(25)27-12-13-28-24-9-3-5-11-26(24)30-19-21(17-22)31-20/h16-17,23-30H,1-15,18-19H2/t23-,24?,25-,26?/m1/s1. The van der Waals surface area contributed by atoms with E-state index in [1.807, 2.05) is 0 Å². The van der Waals surface area contributed by atoms with Gasteiger partial charge in [0.15, 0.2) is 0 Å². The number of fused-ring (bicyclic) bond motifs is 4. The summed E-state index contributed by atoms with van der Waals surface area (Å²) >= 11 is 0. The summed E-state index contributed by atoms with van der Waals surface area (Å²) in [4.78, 5) is 7.71. The maximum Gasteiger partial charge on any atom is 0.0566 e. The molecule has 32 heavy (non-hydrogen) atoms. The van der Waals surface area contributed by atoms with Crippen molar-refractivity contribution in [3.63, 3.8) is 0 Å². The van der Waals surface area contributed by atoms with Crippen LogP contribution in [0.5, 0.6) is 0 Å². The Morgan fingerprint density at radius 1 is 0.594 bits per heavy atom. The molecule has 4 aliphatic rings. The highest BCUT2D eigenvalue weighted by Crippen LogP contribution is 2.24. The number of rotatable bonds is 1. The van der Waals surface area contributed by atoms with Crippen LogP contribution in [0.2, 0.25) is 0 Å². The first-order valence-electron chi connectivity index (χ1n) is 13.5. The lowest BCUT2D eigenvalue weighted by Crippen LogP contribution is -2.53. The van der Waals surface area contributed by atoms with Crippen LogP contribution in [0, 0.1) is 0 Å². The van der Waals surface area contributed by atoms with Crippen molar-refractivity contribution < 1.29 is 0 Å². The third-order valence-corrected chi connectivity index (χ3v) is 8.20. The largest absolute Gasteiger partial charge is 0.371 e. The van der Waals surface area contributed by atoms with Crippen molar-refractivity contribution in [2.24, 2.45) is 0 Å². The smallest absolute Gasteiger partial charge is 0.0566 e. The molecular weight excluding hydrogens is 396 g/mol. The zero-order chi connectivity index (χ0) is 21.6. The third kappa shape index (κ3) is 5.82. The van der Waals surface area contributed by atoms with E-state index < -0.39 is 0 Å². The fourth-order valence-corrected chi connectivity index (χ4v) is 6.37. The summed E-state index contributed by atoms with van der Waals surface area (Å²) < 4.78 is 0. The fraction of sp³-hybridized carbons (Fsp3) is 0.808. The summed E-state index contributed by atoms with van der Waals surface area (Å²) in [5.74, 6) is 0. The number of hydrogen-bond donors (Lipinski definition) is 4. The molecule has 0 spiro atoms. The Morgan fingerprint density at radius 2 is 1.06 bits per heavy atom. The lowest BCUT2D eigenvalue weighted by Gasteiger charge is -2.34. The zero-order valence-corrected chi connectivity index (χ0v) is 19.9. The summed E-state index contributed by atoms with van der Waals surface area (Å²) in [5, 5.41) is 15.6. The minimum absolute atomic E-state index is 0.554. The number of aromatic nitrogens is 1. The van der Waals surface area contributed by atoms with Crippen LogP contribution in [0.4, 0.5) is 5.69 Å². The lowest BCUT2D eigenvalue weighted by atomic mass is 9.89. The lowest BCUT2D eigenvalue weighted by molar-refractivity contribution is 0.266. The number of pyridine rings is 1. The molecule has 0 amide bonds. The Balaban J connectivity index is 1.37. The van der Waals surface area contributed by atoms with Gasteiger partial charge in [0.25, 0.3) is 0 Å². The first kappa shape index (κ1) is 22.6. The number of hydrogen-bond acceptors (Lipinski definition) is 6. The maximum atomic E-state index is 5.12. The summed E-state index contributed by atoms with van der Waals surface area (Å²) in [6.07, 6.45) is 14.5. The first-order valence-corrected chi connectivity index (χ1v) is 13.5. The third-order valence-electron chi connectivity index (χ3n) is 8.20. The van der Waals surface area contributed by atoms with Crippen LogP contribution >= 0.6 is 0 Å². The van der Waals surface area contributed by atoms with Crippen LogP contribution in [0.15, 0.2) is 12.1 Å². The predicted octanol–water partition coefficient (Wildman–Crippen LogP) is 3.07. The van der Waals surface area contributed by atoms with E-state index in [0.29, 0.717) is 24.2 Å². The Hall–Kier alpha value is -1.21. The van der Waals surface area contributed by atoms with E-state index >= 15 is 0 Å². The fourth-order valence-electron chi connectivity index (χ4n) is 6.37. The second kappa shape index (κ2) is 11.3. The molecule has 2 saturated carbocycles. The second-order valence-corrected chi connectivity index (χ2v) is 10.5. The van der Waals surface area contributed by atoms with Crippen molar-refractivity contribution in [2.45, 2.75) is 108 Å². The Kier molecular flexibility index (Phi) is 7.96. The summed E-state index contributed by atoms with van der Waals surface area (Å²) in [6.45, 7) is 6.26. The molecule has 2 bridgehead atoms. The van der Waals surface area contributed by atoms with Gasteiger partial charge in [-0.3, -0.25) is 4.98 Å². The van der Waals surface area contributed by atoms with E-state index in [9.17, 15) is 0 Å². The highest BCUT2D eigenvalue weighted by Gasteiger charge is 2.27. The number of piperidine rings is 1. The zero-order valence-electron chi connectivity index (χ0n) is 19.9. The first-order chi connectivity index (χ1) is 15.8. The Labute approximate surface area is 194 Å². The Bertz CT molecular complexity index is 670. The van der Waals surface area contributed by atoms with Gasteiger partial charge in [0.05, 0.1) is 11.4 Å². The second-order valence-electron chi connectivity index (χ2n) is 10.5. The molecule has 0 aromatic carbocycles. The molecule has 6 nitrogen and oxygen atoms in total.